The number of nitrogens with two attached hydrogens (primary N) is 1. The van der Waals surface area contributed by atoms with E-state index >= 15 is 0 Å². The van der Waals surface area contributed by atoms with E-state index in [0.29, 0.717) is 12.2 Å². The number of carbonyl (C=O) groups excluding carboxylic acids is 3. The van der Waals surface area contributed by atoms with Crippen LogP contribution in [0.1, 0.15) is 46.0 Å². The van der Waals surface area contributed by atoms with Gasteiger partial charge in [-0.3, -0.25) is 14.4 Å². The molecule has 22 heavy (non-hydrogen) atoms. The molecule has 3 amide bonds. The summed E-state index contributed by atoms with van der Waals surface area (Å²) in [6.45, 7) is 4.63. The van der Waals surface area contributed by atoms with Crippen LogP contribution in [0.15, 0.2) is 0 Å². The van der Waals surface area contributed by atoms with Gasteiger partial charge in [-0.25, -0.2) is 0 Å². The molecule has 126 valence electrons. The summed E-state index contributed by atoms with van der Waals surface area (Å²) in [4.78, 5) is 32.7. The minimum absolute atomic E-state index is 0.0443. The second-order valence-corrected chi connectivity index (χ2v) is 6.79. The first-order valence-electron chi connectivity index (χ1n) is 7.78. The van der Waals surface area contributed by atoms with Gasteiger partial charge < -0.3 is 16.4 Å². The molecule has 0 atom stereocenters. The molecule has 6 nitrogen and oxygen atoms in total. The normalized spacial score (nSPS) is 26.5. The summed E-state index contributed by atoms with van der Waals surface area (Å²) in [6.07, 6.45) is 4.09. The number of primary amides is 1. The van der Waals surface area contributed by atoms with Crippen molar-refractivity contribution in [3.05, 3.63) is 0 Å². The number of carbonyl (C=O) groups is 3. The van der Waals surface area contributed by atoms with Gasteiger partial charge in [0, 0.05) is 24.9 Å². The number of nitrogens with one attached hydrogen (secondary N) is 2. The van der Waals surface area contributed by atoms with Gasteiger partial charge in [0.05, 0.1) is 5.41 Å². The van der Waals surface area contributed by atoms with E-state index in [2.05, 4.69) is 23.3 Å². The average molecular weight is 329 g/mol. The number of rotatable bonds is 4. The zero-order valence-corrected chi connectivity index (χ0v) is 14.2. The van der Waals surface area contributed by atoms with Crippen molar-refractivity contribution in [2.75, 3.05) is 12.3 Å². The number of β-lactam (4-membered cyclic amide) rings is 1. The molecule has 0 aromatic heterocycles. The van der Waals surface area contributed by atoms with Gasteiger partial charge in [-0.15, -0.1) is 0 Å². The Labute approximate surface area is 137 Å². The zero-order chi connectivity index (χ0) is 16.8. The second-order valence-electron chi connectivity index (χ2n) is 6.34. The predicted molar refractivity (Wildman–Crippen MR) is 88.3 cm³/mol. The summed E-state index contributed by atoms with van der Waals surface area (Å²) < 4.78 is 0. The zero-order valence-electron chi connectivity index (χ0n) is 13.4. The van der Waals surface area contributed by atoms with E-state index < -0.39 is 0 Å². The lowest BCUT2D eigenvalue weighted by Gasteiger charge is -2.45. The van der Waals surface area contributed by atoms with Crippen molar-refractivity contribution >= 4 is 30.4 Å². The molecule has 1 saturated heterocycles. The Morgan fingerprint density at radius 1 is 1.41 bits per heavy atom. The number of thiol groups is 1. The van der Waals surface area contributed by atoms with Gasteiger partial charge in [-0.2, -0.15) is 12.6 Å². The Morgan fingerprint density at radius 2 is 2.00 bits per heavy atom. The van der Waals surface area contributed by atoms with Crippen LogP contribution < -0.4 is 16.4 Å². The molecular weight excluding hydrogens is 302 g/mol. The van der Waals surface area contributed by atoms with Crippen molar-refractivity contribution in [3.63, 3.8) is 0 Å². The lowest BCUT2D eigenvalue weighted by Crippen LogP contribution is -2.61. The highest BCUT2D eigenvalue weighted by Crippen LogP contribution is 2.40. The van der Waals surface area contributed by atoms with E-state index in [0.717, 1.165) is 32.2 Å². The van der Waals surface area contributed by atoms with E-state index in [-0.39, 0.29) is 35.1 Å². The fourth-order valence-corrected chi connectivity index (χ4v) is 2.83. The highest BCUT2D eigenvalue weighted by molar-refractivity contribution is 7.80. The third-order valence-electron chi connectivity index (χ3n) is 4.24. The van der Waals surface area contributed by atoms with E-state index in [4.69, 9.17) is 5.73 Å². The summed E-state index contributed by atoms with van der Waals surface area (Å²) in [5.74, 6) is 0.642. The molecule has 4 N–H and O–H groups in total. The quantitative estimate of drug-likeness (QED) is 0.449. The minimum atomic E-state index is -0.287. The third-order valence-corrected chi connectivity index (χ3v) is 4.46. The van der Waals surface area contributed by atoms with Crippen LogP contribution in [0, 0.1) is 11.3 Å². The monoisotopic (exact) mass is 329 g/mol. The van der Waals surface area contributed by atoms with Gasteiger partial charge in [-0.1, -0.05) is 13.8 Å². The Balaban J connectivity index is 0.000000346. The van der Waals surface area contributed by atoms with Crippen LogP contribution in [0.2, 0.25) is 0 Å². The smallest absolute Gasteiger partial charge is 0.228 e. The Bertz CT molecular complexity index is 418. The fraction of sp³-hybridized carbons (Fsp3) is 0.800. The highest BCUT2D eigenvalue weighted by Gasteiger charge is 2.48. The van der Waals surface area contributed by atoms with Crippen molar-refractivity contribution in [1.29, 1.82) is 0 Å². The molecule has 1 saturated carbocycles. The number of amides is 3. The maximum Gasteiger partial charge on any atom is 0.228 e. The summed E-state index contributed by atoms with van der Waals surface area (Å²) >= 11 is 3.76. The van der Waals surface area contributed by atoms with Crippen molar-refractivity contribution in [2.24, 2.45) is 17.1 Å². The molecule has 2 aliphatic rings. The molecule has 0 aromatic carbocycles. The largest absolute Gasteiger partial charge is 0.370 e. The Hall–Kier alpha value is -1.24. The minimum Gasteiger partial charge on any atom is -0.370 e. The van der Waals surface area contributed by atoms with Crippen LogP contribution in [-0.4, -0.2) is 36.1 Å². The van der Waals surface area contributed by atoms with E-state index in [1.165, 1.54) is 0 Å². The molecule has 0 bridgehead atoms. The Morgan fingerprint density at radius 3 is 2.27 bits per heavy atom. The molecule has 1 aliphatic heterocycles. The van der Waals surface area contributed by atoms with Gasteiger partial charge >= 0.3 is 0 Å². The maximum absolute atomic E-state index is 11.5. The molecule has 7 heteroatoms. The number of hydrogen-bond acceptors (Lipinski definition) is 4. The van der Waals surface area contributed by atoms with E-state index in [1.54, 1.807) is 0 Å². The van der Waals surface area contributed by atoms with Gasteiger partial charge in [0.2, 0.25) is 17.7 Å². The van der Waals surface area contributed by atoms with E-state index in [1.807, 2.05) is 13.8 Å². The highest BCUT2D eigenvalue weighted by atomic mass is 32.1. The van der Waals surface area contributed by atoms with Gasteiger partial charge in [0.25, 0.3) is 0 Å². The first kappa shape index (κ1) is 18.8. The molecule has 2 rings (SSSR count). The third kappa shape index (κ3) is 5.19. The Kier molecular flexibility index (Phi) is 7.19. The lowest BCUT2D eigenvalue weighted by molar-refractivity contribution is -0.143. The van der Waals surface area contributed by atoms with Crippen LogP contribution >= 0.6 is 12.6 Å². The SMILES string of the molecule is CC(C)C(=O)NC1CCC2(CC1)CNC2=O.NC(=O)CCS. The molecular formula is C15H27N3O3S. The van der Waals surface area contributed by atoms with Gasteiger partial charge in [-0.05, 0) is 31.4 Å². The molecule has 1 aliphatic carbocycles. The summed E-state index contributed by atoms with van der Waals surface area (Å²) in [5.41, 5.74) is 4.63. The van der Waals surface area contributed by atoms with Crippen LogP contribution in [0.4, 0.5) is 0 Å². The first-order valence-corrected chi connectivity index (χ1v) is 8.42. The molecule has 1 spiro atoms. The van der Waals surface area contributed by atoms with Crippen LogP contribution in [0.3, 0.4) is 0 Å². The van der Waals surface area contributed by atoms with Crippen molar-refractivity contribution < 1.29 is 14.4 Å². The van der Waals surface area contributed by atoms with Gasteiger partial charge in [0.15, 0.2) is 0 Å². The predicted octanol–water partition coefficient (Wildman–Crippen LogP) is 0.609. The standard InChI is InChI=1S/C12H20N2O2.C3H7NOS/c1-8(2)10(15)14-9-3-5-12(6-4-9)7-13-11(12)16;4-3(5)1-2-6/h8-9H,3-7H2,1-2H3,(H,13,16)(H,14,15);6H,1-2H2,(H2,4,5). The van der Waals surface area contributed by atoms with Crippen LogP contribution in [0.25, 0.3) is 0 Å². The van der Waals surface area contributed by atoms with Crippen LogP contribution in [-0.2, 0) is 14.4 Å². The average Bonchev–Trinajstić information content (AvgIpc) is 2.47. The summed E-state index contributed by atoms with van der Waals surface area (Å²) in [5, 5.41) is 5.86. The molecule has 0 unspecified atom stereocenters. The van der Waals surface area contributed by atoms with Gasteiger partial charge in [0.1, 0.15) is 0 Å². The molecule has 0 radical (unpaired) electrons. The first-order chi connectivity index (χ1) is 10.3. The van der Waals surface area contributed by atoms with Crippen molar-refractivity contribution in [3.8, 4) is 0 Å². The summed E-state index contributed by atoms with van der Waals surface area (Å²) in [7, 11) is 0. The lowest BCUT2D eigenvalue weighted by atomic mass is 9.68. The topological polar surface area (TPSA) is 101 Å². The molecule has 2 fully saturated rings. The van der Waals surface area contributed by atoms with Crippen molar-refractivity contribution in [1.82, 2.24) is 10.6 Å². The van der Waals surface area contributed by atoms with E-state index in [9.17, 15) is 14.4 Å². The van der Waals surface area contributed by atoms with Crippen LogP contribution in [0.5, 0.6) is 0 Å². The number of hydrogen-bond donors (Lipinski definition) is 4. The molecule has 1 heterocycles. The fourth-order valence-electron chi connectivity index (χ4n) is 2.61. The maximum atomic E-state index is 11.5. The summed E-state index contributed by atoms with van der Waals surface area (Å²) in [6, 6.07) is 0.272. The molecule has 0 aromatic rings. The second kappa shape index (κ2) is 8.41. The van der Waals surface area contributed by atoms with Crippen molar-refractivity contribution in [2.45, 2.75) is 52.0 Å².